The lowest BCUT2D eigenvalue weighted by Crippen LogP contribution is -2.44. The van der Waals surface area contributed by atoms with Crippen molar-refractivity contribution in [2.75, 3.05) is 38.2 Å². The van der Waals surface area contributed by atoms with Crippen LogP contribution >= 0.6 is 0 Å². The molecular formula is C27H30N2O6S. The lowest BCUT2D eigenvalue weighted by molar-refractivity contribution is -0.130. The van der Waals surface area contributed by atoms with Gasteiger partial charge in [0.05, 0.1) is 31.4 Å². The van der Waals surface area contributed by atoms with Gasteiger partial charge in [-0.1, -0.05) is 24.3 Å². The monoisotopic (exact) mass is 510 g/mol. The molecule has 1 aliphatic heterocycles. The maximum absolute atomic E-state index is 13.9. The number of benzene rings is 3. The SMILES string of the molecule is CCOc1ccc(N(CC(=O)N2CCc3ccccc3C2)S(=O)(=O)c2ccc(OC)c(OC)c2)cc1. The zero-order chi connectivity index (χ0) is 25.7. The topological polar surface area (TPSA) is 85.4 Å². The summed E-state index contributed by atoms with van der Waals surface area (Å²) in [5, 5.41) is 0. The largest absolute Gasteiger partial charge is 0.494 e. The number of rotatable bonds is 9. The van der Waals surface area contributed by atoms with Gasteiger partial charge >= 0.3 is 0 Å². The number of carbonyl (C=O) groups is 1. The molecule has 0 saturated heterocycles. The molecule has 4 rings (SSSR count). The average Bonchev–Trinajstić information content (AvgIpc) is 2.91. The van der Waals surface area contributed by atoms with Crippen molar-refractivity contribution in [3.05, 3.63) is 77.9 Å². The molecule has 1 amide bonds. The molecule has 3 aromatic rings. The maximum atomic E-state index is 13.9. The van der Waals surface area contributed by atoms with Gasteiger partial charge in [0, 0.05) is 19.2 Å². The smallest absolute Gasteiger partial charge is 0.264 e. The summed E-state index contributed by atoms with van der Waals surface area (Å²) >= 11 is 0. The molecule has 3 aromatic carbocycles. The Balaban J connectivity index is 1.68. The van der Waals surface area contributed by atoms with E-state index in [4.69, 9.17) is 14.2 Å². The lowest BCUT2D eigenvalue weighted by atomic mass is 10.00. The first kappa shape index (κ1) is 25.4. The van der Waals surface area contributed by atoms with Crippen LogP contribution in [-0.4, -0.2) is 53.1 Å². The van der Waals surface area contributed by atoms with Crippen molar-refractivity contribution < 1.29 is 27.4 Å². The highest BCUT2D eigenvalue weighted by atomic mass is 32.2. The van der Waals surface area contributed by atoms with Gasteiger partial charge < -0.3 is 19.1 Å². The molecule has 0 saturated carbocycles. The molecule has 0 aliphatic carbocycles. The first-order valence-corrected chi connectivity index (χ1v) is 13.1. The Kier molecular flexibility index (Phi) is 7.69. The Morgan fingerprint density at radius 1 is 0.944 bits per heavy atom. The number of carbonyl (C=O) groups excluding carboxylic acids is 1. The molecule has 0 radical (unpaired) electrons. The summed E-state index contributed by atoms with van der Waals surface area (Å²) in [6.45, 7) is 3.00. The Labute approximate surface area is 212 Å². The third-order valence-electron chi connectivity index (χ3n) is 6.14. The summed E-state index contributed by atoms with van der Waals surface area (Å²) in [6.07, 6.45) is 0.730. The number of ether oxygens (including phenoxy) is 3. The van der Waals surface area contributed by atoms with E-state index in [1.807, 2.05) is 25.1 Å². The van der Waals surface area contributed by atoms with Crippen LogP contribution in [0.5, 0.6) is 17.2 Å². The first-order chi connectivity index (χ1) is 17.4. The third-order valence-corrected chi connectivity index (χ3v) is 7.91. The molecule has 8 nitrogen and oxygen atoms in total. The second-order valence-electron chi connectivity index (χ2n) is 8.29. The van der Waals surface area contributed by atoms with Gasteiger partial charge in [0.1, 0.15) is 12.3 Å². The van der Waals surface area contributed by atoms with Crippen molar-refractivity contribution in [2.24, 2.45) is 0 Å². The molecule has 0 N–H and O–H groups in total. The Bertz CT molecular complexity index is 1320. The number of nitrogens with zero attached hydrogens (tertiary/aromatic N) is 2. The highest BCUT2D eigenvalue weighted by molar-refractivity contribution is 7.92. The average molecular weight is 511 g/mol. The molecule has 190 valence electrons. The van der Waals surface area contributed by atoms with E-state index in [0.29, 0.717) is 36.9 Å². The minimum Gasteiger partial charge on any atom is -0.494 e. The summed E-state index contributed by atoms with van der Waals surface area (Å²) < 4.78 is 44.9. The van der Waals surface area contributed by atoms with E-state index in [0.717, 1.165) is 16.3 Å². The highest BCUT2D eigenvalue weighted by Gasteiger charge is 2.31. The first-order valence-electron chi connectivity index (χ1n) is 11.7. The van der Waals surface area contributed by atoms with Crippen molar-refractivity contribution in [2.45, 2.75) is 24.8 Å². The minimum atomic E-state index is -4.12. The van der Waals surface area contributed by atoms with Crippen molar-refractivity contribution in [3.63, 3.8) is 0 Å². The van der Waals surface area contributed by atoms with Gasteiger partial charge in [-0.25, -0.2) is 8.42 Å². The predicted octanol–water partition coefficient (Wildman–Crippen LogP) is 3.88. The summed E-state index contributed by atoms with van der Waals surface area (Å²) in [4.78, 5) is 15.1. The molecule has 0 bridgehead atoms. The van der Waals surface area contributed by atoms with Crippen LogP contribution < -0.4 is 18.5 Å². The molecule has 0 spiro atoms. The van der Waals surface area contributed by atoms with E-state index in [2.05, 4.69) is 6.07 Å². The van der Waals surface area contributed by atoms with Gasteiger partial charge in [-0.05, 0) is 60.9 Å². The van der Waals surface area contributed by atoms with E-state index in [1.54, 1.807) is 29.2 Å². The molecule has 0 atom stereocenters. The van der Waals surface area contributed by atoms with Gasteiger partial charge in [0.15, 0.2) is 11.5 Å². The third kappa shape index (κ3) is 5.26. The molecule has 9 heteroatoms. The molecular weight excluding hydrogens is 480 g/mol. The Morgan fingerprint density at radius 2 is 1.64 bits per heavy atom. The molecule has 1 heterocycles. The van der Waals surface area contributed by atoms with Crippen LogP contribution in [0.25, 0.3) is 0 Å². The van der Waals surface area contributed by atoms with Crippen LogP contribution in [0.2, 0.25) is 0 Å². The van der Waals surface area contributed by atoms with Crippen molar-refractivity contribution in [1.29, 1.82) is 0 Å². The zero-order valence-electron chi connectivity index (χ0n) is 20.6. The Morgan fingerprint density at radius 3 is 2.31 bits per heavy atom. The fraction of sp³-hybridized carbons (Fsp3) is 0.296. The Hall–Kier alpha value is -3.72. The predicted molar refractivity (Wildman–Crippen MR) is 137 cm³/mol. The molecule has 0 unspecified atom stereocenters. The van der Waals surface area contributed by atoms with Crippen molar-refractivity contribution in [1.82, 2.24) is 4.90 Å². The van der Waals surface area contributed by atoms with E-state index in [9.17, 15) is 13.2 Å². The molecule has 36 heavy (non-hydrogen) atoms. The molecule has 0 fully saturated rings. The number of methoxy groups -OCH3 is 2. The number of amides is 1. The van der Waals surface area contributed by atoms with Crippen LogP contribution in [0.1, 0.15) is 18.1 Å². The normalized spacial score (nSPS) is 13.0. The van der Waals surface area contributed by atoms with Crippen LogP contribution in [0.15, 0.2) is 71.6 Å². The maximum Gasteiger partial charge on any atom is 0.264 e. The number of sulfonamides is 1. The number of hydrogen-bond donors (Lipinski definition) is 0. The van der Waals surface area contributed by atoms with Crippen molar-refractivity contribution >= 4 is 21.6 Å². The van der Waals surface area contributed by atoms with Gasteiger partial charge in [-0.3, -0.25) is 9.10 Å². The zero-order valence-corrected chi connectivity index (χ0v) is 21.5. The van der Waals surface area contributed by atoms with Gasteiger partial charge in [-0.15, -0.1) is 0 Å². The van der Waals surface area contributed by atoms with E-state index in [-0.39, 0.29) is 23.1 Å². The van der Waals surface area contributed by atoms with Crippen LogP contribution in [-0.2, 0) is 27.8 Å². The summed E-state index contributed by atoms with van der Waals surface area (Å²) in [7, 11) is -1.20. The summed E-state index contributed by atoms with van der Waals surface area (Å²) in [5.41, 5.74) is 2.65. The molecule has 1 aliphatic rings. The standard InChI is InChI=1S/C27H30N2O6S/c1-4-35-23-11-9-22(10-12-23)29(36(31,32)24-13-14-25(33-2)26(17-24)34-3)19-27(30)28-16-15-20-7-5-6-8-21(20)18-28/h5-14,17H,4,15-16,18-19H2,1-3H3. The van der Waals surface area contributed by atoms with E-state index < -0.39 is 10.0 Å². The van der Waals surface area contributed by atoms with E-state index >= 15 is 0 Å². The van der Waals surface area contributed by atoms with Crippen LogP contribution in [0, 0.1) is 0 Å². The van der Waals surface area contributed by atoms with E-state index in [1.165, 1.54) is 38.0 Å². The second kappa shape index (κ2) is 10.9. The fourth-order valence-corrected chi connectivity index (χ4v) is 5.66. The summed E-state index contributed by atoms with van der Waals surface area (Å²) in [6, 6.07) is 19.0. The van der Waals surface area contributed by atoms with Gasteiger partial charge in [0.2, 0.25) is 5.91 Å². The van der Waals surface area contributed by atoms with Gasteiger partial charge in [-0.2, -0.15) is 0 Å². The van der Waals surface area contributed by atoms with Crippen molar-refractivity contribution in [3.8, 4) is 17.2 Å². The van der Waals surface area contributed by atoms with Gasteiger partial charge in [0.25, 0.3) is 10.0 Å². The second-order valence-corrected chi connectivity index (χ2v) is 10.2. The van der Waals surface area contributed by atoms with Crippen LogP contribution in [0.4, 0.5) is 5.69 Å². The number of anilines is 1. The molecule has 0 aromatic heterocycles. The number of fused-ring (bicyclic) bond motifs is 1. The minimum absolute atomic E-state index is 0.00850. The number of hydrogen-bond acceptors (Lipinski definition) is 6. The summed E-state index contributed by atoms with van der Waals surface area (Å²) in [5.74, 6) is 1.03. The van der Waals surface area contributed by atoms with Crippen LogP contribution in [0.3, 0.4) is 0 Å². The highest BCUT2D eigenvalue weighted by Crippen LogP contribution is 2.33. The quantitative estimate of drug-likeness (QED) is 0.434. The lowest BCUT2D eigenvalue weighted by Gasteiger charge is -2.32. The fourth-order valence-electron chi connectivity index (χ4n) is 4.23.